The second kappa shape index (κ2) is 7.53. The van der Waals surface area contributed by atoms with E-state index in [1.807, 2.05) is 0 Å². The zero-order valence-corrected chi connectivity index (χ0v) is 13.1. The summed E-state index contributed by atoms with van der Waals surface area (Å²) in [4.78, 5) is 12.0. The van der Waals surface area contributed by atoms with Crippen molar-refractivity contribution in [3.8, 4) is 0 Å². The fourth-order valence-corrected chi connectivity index (χ4v) is 2.39. The van der Waals surface area contributed by atoms with Gasteiger partial charge in [0.1, 0.15) is 0 Å². The molecule has 0 spiro atoms. The number of nitrogens with one attached hydrogen (secondary N) is 1. The van der Waals surface area contributed by atoms with Gasteiger partial charge in [-0.2, -0.15) is 0 Å². The molecule has 0 aliphatic heterocycles. The van der Waals surface area contributed by atoms with Gasteiger partial charge in [-0.3, -0.25) is 4.79 Å². The van der Waals surface area contributed by atoms with Gasteiger partial charge < -0.3 is 10.4 Å². The van der Waals surface area contributed by atoms with E-state index in [9.17, 15) is 18.7 Å². The molecule has 2 N–H and O–H groups in total. The number of carbonyl (C=O) groups excluding carboxylic acids is 1. The van der Waals surface area contributed by atoms with Crippen molar-refractivity contribution < 1.29 is 18.7 Å². The molecule has 0 heterocycles. The van der Waals surface area contributed by atoms with Gasteiger partial charge in [0.05, 0.1) is 18.6 Å². The van der Waals surface area contributed by atoms with Crippen LogP contribution in [-0.2, 0) is 11.2 Å². The van der Waals surface area contributed by atoms with Crippen molar-refractivity contribution in [2.45, 2.75) is 25.5 Å². The average molecular weight is 340 g/mol. The molecule has 0 aliphatic carbocycles. The Morgan fingerprint density at radius 2 is 1.91 bits per heavy atom. The molecular formula is C17H16ClF2NO2. The molecule has 2 aromatic rings. The van der Waals surface area contributed by atoms with Crippen LogP contribution in [-0.4, -0.2) is 17.1 Å². The number of benzene rings is 2. The maximum absolute atomic E-state index is 13.2. The largest absolute Gasteiger partial charge is 0.386 e. The molecule has 2 atom stereocenters. The Bertz CT molecular complexity index is 709. The van der Waals surface area contributed by atoms with Crippen LogP contribution >= 0.6 is 11.6 Å². The molecule has 2 aromatic carbocycles. The van der Waals surface area contributed by atoms with Crippen molar-refractivity contribution in [2.24, 2.45) is 0 Å². The SMILES string of the molecule is CC(NC(=O)Cc1ccccc1Cl)C(O)c1ccc(F)c(F)c1. The number of aliphatic hydroxyl groups excluding tert-OH is 1. The molecule has 0 aliphatic rings. The molecule has 23 heavy (non-hydrogen) atoms. The summed E-state index contributed by atoms with van der Waals surface area (Å²) in [7, 11) is 0. The number of carbonyl (C=O) groups is 1. The lowest BCUT2D eigenvalue weighted by Gasteiger charge is -2.21. The third-order valence-corrected chi connectivity index (χ3v) is 3.83. The molecule has 1 amide bonds. The minimum atomic E-state index is -1.15. The highest BCUT2D eigenvalue weighted by molar-refractivity contribution is 6.31. The molecule has 0 saturated carbocycles. The first-order valence-corrected chi connectivity index (χ1v) is 7.42. The van der Waals surface area contributed by atoms with Crippen LogP contribution in [0.25, 0.3) is 0 Å². The third-order valence-electron chi connectivity index (χ3n) is 3.46. The fraction of sp³-hybridized carbons (Fsp3) is 0.235. The van der Waals surface area contributed by atoms with Gasteiger partial charge in [0.25, 0.3) is 0 Å². The quantitative estimate of drug-likeness (QED) is 0.877. The Morgan fingerprint density at radius 3 is 2.57 bits per heavy atom. The van der Waals surface area contributed by atoms with Gasteiger partial charge in [0.15, 0.2) is 11.6 Å². The summed E-state index contributed by atoms with van der Waals surface area (Å²) in [6.07, 6.45) is -1.09. The molecule has 6 heteroatoms. The van der Waals surface area contributed by atoms with E-state index >= 15 is 0 Å². The van der Waals surface area contributed by atoms with Crippen molar-refractivity contribution in [3.05, 3.63) is 70.2 Å². The number of aliphatic hydroxyl groups is 1. The van der Waals surface area contributed by atoms with E-state index in [0.29, 0.717) is 10.6 Å². The number of hydrogen-bond donors (Lipinski definition) is 2. The summed E-state index contributed by atoms with van der Waals surface area (Å²) in [6, 6.07) is 9.41. The summed E-state index contributed by atoms with van der Waals surface area (Å²) >= 11 is 5.99. The second-order valence-electron chi connectivity index (χ2n) is 5.24. The van der Waals surface area contributed by atoms with E-state index in [2.05, 4.69) is 5.32 Å². The van der Waals surface area contributed by atoms with Crippen LogP contribution in [0.1, 0.15) is 24.2 Å². The van der Waals surface area contributed by atoms with E-state index in [-0.39, 0.29) is 17.9 Å². The molecule has 0 fully saturated rings. The molecule has 2 unspecified atom stereocenters. The van der Waals surface area contributed by atoms with E-state index < -0.39 is 23.8 Å². The Kier molecular flexibility index (Phi) is 5.69. The van der Waals surface area contributed by atoms with E-state index in [4.69, 9.17) is 11.6 Å². The van der Waals surface area contributed by atoms with Gasteiger partial charge in [0, 0.05) is 5.02 Å². The van der Waals surface area contributed by atoms with Gasteiger partial charge in [-0.05, 0) is 36.2 Å². The van der Waals surface area contributed by atoms with Crippen LogP contribution in [0, 0.1) is 11.6 Å². The van der Waals surface area contributed by atoms with Crippen molar-refractivity contribution >= 4 is 17.5 Å². The lowest BCUT2D eigenvalue weighted by molar-refractivity contribution is -0.121. The summed E-state index contributed by atoms with van der Waals surface area (Å²) in [5.74, 6) is -2.36. The minimum Gasteiger partial charge on any atom is -0.386 e. The van der Waals surface area contributed by atoms with Gasteiger partial charge in [0.2, 0.25) is 5.91 Å². The monoisotopic (exact) mass is 339 g/mol. The van der Waals surface area contributed by atoms with Gasteiger partial charge in [-0.1, -0.05) is 35.9 Å². The highest BCUT2D eigenvalue weighted by atomic mass is 35.5. The number of halogens is 3. The Hall–Kier alpha value is -1.98. The first kappa shape index (κ1) is 17.4. The average Bonchev–Trinajstić information content (AvgIpc) is 2.51. The predicted octanol–water partition coefficient (Wildman–Crippen LogP) is 3.40. The number of hydrogen-bond acceptors (Lipinski definition) is 2. The van der Waals surface area contributed by atoms with Crippen LogP contribution in [0.3, 0.4) is 0 Å². The van der Waals surface area contributed by atoms with E-state index in [1.54, 1.807) is 31.2 Å². The molecule has 0 aromatic heterocycles. The molecule has 3 nitrogen and oxygen atoms in total. The smallest absolute Gasteiger partial charge is 0.224 e. The van der Waals surface area contributed by atoms with Crippen LogP contribution < -0.4 is 5.32 Å². The number of rotatable bonds is 5. The van der Waals surface area contributed by atoms with E-state index in [0.717, 1.165) is 12.1 Å². The normalized spacial score (nSPS) is 13.4. The maximum Gasteiger partial charge on any atom is 0.224 e. The molecule has 0 bridgehead atoms. The first-order chi connectivity index (χ1) is 10.9. The molecular weight excluding hydrogens is 324 g/mol. The zero-order valence-electron chi connectivity index (χ0n) is 12.4. The maximum atomic E-state index is 13.2. The van der Waals surface area contributed by atoms with Crippen molar-refractivity contribution in [1.82, 2.24) is 5.32 Å². The van der Waals surface area contributed by atoms with Crippen molar-refractivity contribution in [3.63, 3.8) is 0 Å². The Morgan fingerprint density at radius 1 is 1.22 bits per heavy atom. The van der Waals surface area contributed by atoms with Gasteiger partial charge in [-0.25, -0.2) is 8.78 Å². The summed E-state index contributed by atoms with van der Waals surface area (Å²) in [5, 5.41) is 13.3. The Balaban J connectivity index is 2.00. The van der Waals surface area contributed by atoms with E-state index in [1.165, 1.54) is 6.07 Å². The lowest BCUT2D eigenvalue weighted by Crippen LogP contribution is -2.38. The zero-order chi connectivity index (χ0) is 17.0. The second-order valence-corrected chi connectivity index (χ2v) is 5.65. The molecule has 0 radical (unpaired) electrons. The lowest BCUT2D eigenvalue weighted by atomic mass is 10.0. The summed E-state index contributed by atoms with van der Waals surface area (Å²) in [6.45, 7) is 1.58. The van der Waals surface area contributed by atoms with Crippen LogP contribution in [0.4, 0.5) is 8.78 Å². The van der Waals surface area contributed by atoms with Gasteiger partial charge >= 0.3 is 0 Å². The first-order valence-electron chi connectivity index (χ1n) is 7.04. The third kappa shape index (κ3) is 4.50. The van der Waals surface area contributed by atoms with Crippen LogP contribution in [0.5, 0.6) is 0 Å². The predicted molar refractivity (Wildman–Crippen MR) is 84.1 cm³/mol. The van der Waals surface area contributed by atoms with Crippen LogP contribution in [0.2, 0.25) is 5.02 Å². The summed E-state index contributed by atoms with van der Waals surface area (Å²) in [5.41, 5.74) is 0.857. The van der Waals surface area contributed by atoms with Crippen LogP contribution in [0.15, 0.2) is 42.5 Å². The standard InChI is InChI=1S/C17H16ClF2NO2/c1-10(17(23)12-6-7-14(19)15(20)8-12)21-16(22)9-11-4-2-3-5-13(11)18/h2-8,10,17,23H,9H2,1H3,(H,21,22). The van der Waals surface area contributed by atoms with Crippen molar-refractivity contribution in [1.29, 1.82) is 0 Å². The molecule has 2 rings (SSSR count). The van der Waals surface area contributed by atoms with Crippen molar-refractivity contribution in [2.75, 3.05) is 0 Å². The summed E-state index contributed by atoms with van der Waals surface area (Å²) < 4.78 is 26.1. The minimum absolute atomic E-state index is 0.0640. The topological polar surface area (TPSA) is 49.3 Å². The van der Waals surface area contributed by atoms with Gasteiger partial charge in [-0.15, -0.1) is 0 Å². The highest BCUT2D eigenvalue weighted by Crippen LogP contribution is 2.20. The Labute approximate surface area is 137 Å². The molecule has 0 saturated heterocycles. The molecule has 122 valence electrons. The highest BCUT2D eigenvalue weighted by Gasteiger charge is 2.20. The number of amides is 1. The fourth-order valence-electron chi connectivity index (χ4n) is 2.18.